The number of rotatable bonds is 5. The molecule has 1 aromatic carbocycles. The van der Waals surface area contributed by atoms with Crippen molar-refractivity contribution in [2.24, 2.45) is 17.6 Å². The lowest BCUT2D eigenvalue weighted by Gasteiger charge is -2.32. The second kappa shape index (κ2) is 7.16. The Balaban J connectivity index is 1.87. The van der Waals surface area contributed by atoms with E-state index in [1.165, 1.54) is 37.8 Å². The van der Waals surface area contributed by atoms with Crippen LogP contribution < -0.4 is 5.73 Å². The monoisotopic (exact) mass is 281 g/mol. The van der Waals surface area contributed by atoms with E-state index in [0.29, 0.717) is 17.9 Å². The number of hydrogen-bond acceptors (Lipinski definition) is 1. The normalized spacial score (nSPS) is 24.6. The fourth-order valence-corrected chi connectivity index (χ4v) is 3.48. The van der Waals surface area contributed by atoms with Crippen LogP contribution in [0.4, 0.5) is 8.78 Å². The van der Waals surface area contributed by atoms with E-state index < -0.39 is 11.6 Å². The van der Waals surface area contributed by atoms with Gasteiger partial charge in [0.15, 0.2) is 0 Å². The third kappa shape index (κ3) is 4.27. The van der Waals surface area contributed by atoms with E-state index in [-0.39, 0.29) is 6.04 Å². The minimum atomic E-state index is -0.515. The second-order valence-electron chi connectivity index (χ2n) is 6.22. The van der Waals surface area contributed by atoms with Crippen LogP contribution in [0.15, 0.2) is 18.2 Å². The molecule has 1 unspecified atom stereocenters. The first-order chi connectivity index (χ1) is 9.58. The average molecular weight is 281 g/mol. The summed E-state index contributed by atoms with van der Waals surface area (Å²) in [4.78, 5) is 0. The Morgan fingerprint density at radius 1 is 1.10 bits per heavy atom. The number of hydrogen-bond donors (Lipinski definition) is 1. The molecule has 0 aliphatic heterocycles. The van der Waals surface area contributed by atoms with Gasteiger partial charge in [-0.2, -0.15) is 0 Å². The quantitative estimate of drug-likeness (QED) is 0.848. The van der Waals surface area contributed by atoms with Gasteiger partial charge in [-0.05, 0) is 48.8 Å². The highest BCUT2D eigenvalue weighted by atomic mass is 19.1. The summed E-state index contributed by atoms with van der Waals surface area (Å²) >= 11 is 0. The molecular formula is C17H25F2N. The van der Waals surface area contributed by atoms with Crippen LogP contribution in [-0.4, -0.2) is 6.04 Å². The van der Waals surface area contributed by atoms with Gasteiger partial charge in [-0.25, -0.2) is 8.78 Å². The molecule has 0 bridgehead atoms. The Kier molecular flexibility index (Phi) is 5.53. The van der Waals surface area contributed by atoms with Crippen molar-refractivity contribution in [3.05, 3.63) is 35.4 Å². The highest BCUT2D eigenvalue weighted by Crippen LogP contribution is 2.33. The van der Waals surface area contributed by atoms with Crippen LogP contribution in [0.3, 0.4) is 0 Å². The summed E-state index contributed by atoms with van der Waals surface area (Å²) in [7, 11) is 0. The van der Waals surface area contributed by atoms with E-state index in [9.17, 15) is 8.78 Å². The van der Waals surface area contributed by atoms with Gasteiger partial charge < -0.3 is 5.73 Å². The van der Waals surface area contributed by atoms with Gasteiger partial charge >= 0.3 is 0 Å². The second-order valence-corrected chi connectivity index (χ2v) is 6.22. The molecule has 3 heteroatoms. The molecule has 1 saturated carbocycles. The minimum absolute atomic E-state index is 0.0128. The Morgan fingerprint density at radius 2 is 1.70 bits per heavy atom. The molecule has 1 aliphatic carbocycles. The summed E-state index contributed by atoms with van der Waals surface area (Å²) in [6, 6.07) is 3.71. The molecule has 0 amide bonds. The zero-order valence-electron chi connectivity index (χ0n) is 12.2. The Bertz CT molecular complexity index is 405. The summed E-state index contributed by atoms with van der Waals surface area (Å²) in [5.41, 5.74) is 6.93. The molecule has 1 aliphatic rings. The summed E-state index contributed by atoms with van der Waals surface area (Å²) in [5, 5.41) is 0. The van der Waals surface area contributed by atoms with Crippen molar-refractivity contribution in [1.29, 1.82) is 0 Å². The van der Waals surface area contributed by atoms with Crippen molar-refractivity contribution in [3.63, 3.8) is 0 Å². The van der Waals surface area contributed by atoms with Crippen LogP contribution in [0.5, 0.6) is 0 Å². The van der Waals surface area contributed by atoms with E-state index in [2.05, 4.69) is 6.92 Å². The van der Waals surface area contributed by atoms with Crippen LogP contribution in [0, 0.1) is 23.5 Å². The number of benzene rings is 1. The van der Waals surface area contributed by atoms with Crippen molar-refractivity contribution in [3.8, 4) is 0 Å². The lowest BCUT2D eigenvalue weighted by molar-refractivity contribution is 0.232. The Labute approximate surface area is 120 Å². The van der Waals surface area contributed by atoms with E-state index in [1.807, 2.05) is 0 Å². The highest BCUT2D eigenvalue weighted by molar-refractivity contribution is 5.19. The summed E-state index contributed by atoms with van der Waals surface area (Å²) < 4.78 is 26.4. The maximum Gasteiger partial charge on any atom is 0.126 e. The van der Waals surface area contributed by atoms with Gasteiger partial charge in [0.2, 0.25) is 0 Å². The minimum Gasteiger partial charge on any atom is -0.327 e. The number of halogens is 2. The smallest absolute Gasteiger partial charge is 0.126 e. The van der Waals surface area contributed by atoms with Gasteiger partial charge in [0, 0.05) is 12.1 Å². The summed E-state index contributed by atoms with van der Waals surface area (Å²) in [5.74, 6) is 0.321. The fraction of sp³-hybridized carbons (Fsp3) is 0.647. The van der Waals surface area contributed by atoms with Gasteiger partial charge in [-0.3, -0.25) is 0 Å². The van der Waals surface area contributed by atoms with Crippen LogP contribution in [0.25, 0.3) is 0 Å². The van der Waals surface area contributed by atoms with Crippen LogP contribution >= 0.6 is 0 Å². The van der Waals surface area contributed by atoms with Crippen molar-refractivity contribution in [1.82, 2.24) is 0 Å². The summed E-state index contributed by atoms with van der Waals surface area (Å²) in [6.07, 6.45) is 7.96. The molecule has 20 heavy (non-hydrogen) atoms. The van der Waals surface area contributed by atoms with Crippen LogP contribution in [-0.2, 0) is 6.42 Å². The van der Waals surface area contributed by atoms with E-state index in [4.69, 9.17) is 5.73 Å². The first kappa shape index (κ1) is 15.4. The van der Waals surface area contributed by atoms with Gasteiger partial charge in [0.05, 0.1) is 0 Å². The molecule has 0 saturated heterocycles. The lowest BCUT2D eigenvalue weighted by atomic mass is 9.76. The molecule has 1 aromatic rings. The maximum absolute atomic E-state index is 13.2. The van der Waals surface area contributed by atoms with Crippen LogP contribution in [0.2, 0.25) is 0 Å². The molecular weight excluding hydrogens is 256 g/mol. The van der Waals surface area contributed by atoms with Gasteiger partial charge in [-0.1, -0.05) is 32.6 Å². The zero-order valence-corrected chi connectivity index (χ0v) is 12.2. The molecule has 2 N–H and O–H groups in total. The van der Waals surface area contributed by atoms with Crippen LogP contribution in [0.1, 0.15) is 51.0 Å². The van der Waals surface area contributed by atoms with Crippen molar-refractivity contribution in [2.75, 3.05) is 0 Å². The van der Waals surface area contributed by atoms with Crippen molar-refractivity contribution in [2.45, 2.75) is 57.9 Å². The maximum atomic E-state index is 13.2. The molecule has 0 spiro atoms. The van der Waals surface area contributed by atoms with Gasteiger partial charge in [-0.15, -0.1) is 0 Å². The van der Waals surface area contributed by atoms with Gasteiger partial charge in [0.1, 0.15) is 11.6 Å². The zero-order chi connectivity index (χ0) is 14.5. The molecule has 0 heterocycles. The molecule has 0 radical (unpaired) electrons. The molecule has 1 atom stereocenters. The van der Waals surface area contributed by atoms with Crippen molar-refractivity contribution < 1.29 is 8.78 Å². The lowest BCUT2D eigenvalue weighted by Crippen LogP contribution is -2.35. The largest absolute Gasteiger partial charge is 0.327 e. The van der Waals surface area contributed by atoms with E-state index in [0.717, 1.165) is 24.8 Å². The third-order valence-corrected chi connectivity index (χ3v) is 4.59. The van der Waals surface area contributed by atoms with E-state index >= 15 is 0 Å². The third-order valence-electron chi connectivity index (χ3n) is 4.59. The predicted octanol–water partition coefficient (Wildman–Crippen LogP) is 4.44. The predicted molar refractivity (Wildman–Crippen MR) is 78.4 cm³/mol. The molecule has 112 valence electrons. The first-order valence-corrected chi connectivity index (χ1v) is 7.79. The molecule has 0 aromatic heterocycles. The van der Waals surface area contributed by atoms with E-state index in [1.54, 1.807) is 0 Å². The number of nitrogens with two attached hydrogens (primary N) is 1. The summed E-state index contributed by atoms with van der Waals surface area (Å²) in [6.45, 7) is 2.23. The SMILES string of the molecule is CCCC1CCC(C(N)Cc2cc(F)cc(F)c2)CC1. The topological polar surface area (TPSA) is 26.0 Å². The Morgan fingerprint density at radius 3 is 2.25 bits per heavy atom. The highest BCUT2D eigenvalue weighted by Gasteiger charge is 2.25. The standard InChI is InChI=1S/C17H25F2N/c1-2-3-12-4-6-14(7-5-12)17(20)10-13-8-15(18)11-16(19)9-13/h8-9,11-12,14,17H,2-7,10,20H2,1H3. The molecule has 1 nitrogen and oxygen atoms in total. The molecule has 1 fully saturated rings. The Hall–Kier alpha value is -0.960. The van der Waals surface area contributed by atoms with Crippen molar-refractivity contribution >= 4 is 0 Å². The average Bonchev–Trinajstić information content (AvgIpc) is 2.38. The first-order valence-electron chi connectivity index (χ1n) is 7.79. The van der Waals surface area contributed by atoms with Gasteiger partial charge in [0.25, 0.3) is 0 Å². The fourth-order valence-electron chi connectivity index (χ4n) is 3.48. The molecule has 2 rings (SSSR count).